The maximum atomic E-state index is 14.1. The number of halogens is 2. The molecular weight excluding hydrogens is 360 g/mol. The number of guanidine groups is 1. The average molecular weight is 392 g/mol. The Bertz CT molecular complexity index is 686. The number of aliphatic imine (C=N–C) groups is 1. The van der Waals surface area contributed by atoms with Gasteiger partial charge in [0.25, 0.3) is 0 Å². The lowest BCUT2D eigenvalue weighted by molar-refractivity contribution is 0.315. The van der Waals surface area contributed by atoms with Crippen LogP contribution < -0.4 is 15.5 Å². The number of para-hydroxylation sites is 1. The lowest BCUT2D eigenvalue weighted by Crippen LogP contribution is -2.45. The molecule has 0 bridgehead atoms. The zero-order valence-electron chi connectivity index (χ0n) is 16.6. The third kappa shape index (κ3) is 4.57. The minimum Gasteiger partial charge on any atom is -0.365 e. The largest absolute Gasteiger partial charge is 0.365 e. The molecule has 3 fully saturated rings. The fourth-order valence-corrected chi connectivity index (χ4v) is 4.39. The summed E-state index contributed by atoms with van der Waals surface area (Å²) in [5.74, 6) is 0.446. The Labute approximate surface area is 166 Å². The van der Waals surface area contributed by atoms with Crippen LogP contribution in [0.2, 0.25) is 0 Å². The third-order valence-electron chi connectivity index (χ3n) is 6.02. The molecule has 1 aromatic carbocycles. The van der Waals surface area contributed by atoms with Crippen LogP contribution in [0.25, 0.3) is 0 Å². The van der Waals surface area contributed by atoms with Gasteiger partial charge in [0.15, 0.2) is 5.96 Å². The highest BCUT2D eigenvalue weighted by Gasteiger charge is 2.34. The van der Waals surface area contributed by atoms with Crippen LogP contribution in [0.3, 0.4) is 0 Å². The molecule has 154 valence electrons. The molecule has 4 rings (SSSR count). The minimum atomic E-state index is -0.498. The highest BCUT2D eigenvalue weighted by Crippen LogP contribution is 2.31. The molecule has 0 spiro atoms. The first-order valence-electron chi connectivity index (χ1n) is 10.6. The normalized spacial score (nSPS) is 26.1. The van der Waals surface area contributed by atoms with Crippen LogP contribution in [-0.4, -0.2) is 62.2 Å². The fourth-order valence-electron chi connectivity index (χ4n) is 4.39. The van der Waals surface area contributed by atoms with Crippen molar-refractivity contribution in [3.8, 4) is 0 Å². The SMILES string of the molecule is CCNC(=NCC1CCN(C2CC2)C1)NC1CCN(c2c(F)cccc2F)C1. The second-order valence-corrected chi connectivity index (χ2v) is 8.25. The number of nitrogens with zero attached hydrogens (tertiary/aromatic N) is 3. The summed E-state index contributed by atoms with van der Waals surface area (Å²) < 4.78 is 28.1. The smallest absolute Gasteiger partial charge is 0.191 e. The zero-order chi connectivity index (χ0) is 19.5. The predicted molar refractivity (Wildman–Crippen MR) is 109 cm³/mol. The summed E-state index contributed by atoms with van der Waals surface area (Å²) in [7, 11) is 0. The zero-order valence-corrected chi connectivity index (χ0v) is 16.6. The summed E-state index contributed by atoms with van der Waals surface area (Å²) >= 11 is 0. The van der Waals surface area contributed by atoms with Gasteiger partial charge < -0.3 is 20.4 Å². The van der Waals surface area contributed by atoms with Gasteiger partial charge in [-0.1, -0.05) is 6.07 Å². The van der Waals surface area contributed by atoms with Crippen LogP contribution in [0.5, 0.6) is 0 Å². The number of anilines is 1. The Balaban J connectivity index is 1.32. The van der Waals surface area contributed by atoms with E-state index in [0.717, 1.165) is 38.1 Å². The first kappa shape index (κ1) is 19.4. The summed E-state index contributed by atoms with van der Waals surface area (Å²) in [6.45, 7) is 7.25. The maximum Gasteiger partial charge on any atom is 0.191 e. The van der Waals surface area contributed by atoms with Crippen molar-refractivity contribution in [2.45, 2.75) is 44.7 Å². The number of nitrogens with one attached hydrogen (secondary N) is 2. The van der Waals surface area contributed by atoms with E-state index in [1.807, 2.05) is 0 Å². The van der Waals surface area contributed by atoms with Crippen molar-refractivity contribution in [2.24, 2.45) is 10.9 Å². The van der Waals surface area contributed by atoms with E-state index in [0.29, 0.717) is 19.0 Å². The van der Waals surface area contributed by atoms with Crippen molar-refractivity contribution in [1.82, 2.24) is 15.5 Å². The van der Waals surface area contributed by atoms with E-state index < -0.39 is 11.6 Å². The molecule has 28 heavy (non-hydrogen) atoms. The fraction of sp³-hybridized carbons (Fsp3) is 0.667. The van der Waals surface area contributed by atoms with E-state index in [1.165, 1.54) is 44.0 Å². The van der Waals surface area contributed by atoms with E-state index >= 15 is 0 Å². The van der Waals surface area contributed by atoms with Gasteiger partial charge in [-0.05, 0) is 57.2 Å². The lowest BCUT2D eigenvalue weighted by Gasteiger charge is -2.21. The molecule has 5 nitrogen and oxygen atoms in total. The molecule has 7 heteroatoms. The molecular formula is C21H31F2N5. The van der Waals surface area contributed by atoms with Crippen LogP contribution in [0.1, 0.15) is 32.6 Å². The molecule has 2 atom stereocenters. The van der Waals surface area contributed by atoms with Gasteiger partial charge in [-0.15, -0.1) is 0 Å². The average Bonchev–Trinajstić information content (AvgIpc) is 3.24. The molecule has 1 saturated carbocycles. The van der Waals surface area contributed by atoms with Crippen molar-refractivity contribution in [3.63, 3.8) is 0 Å². The Morgan fingerprint density at radius 2 is 1.89 bits per heavy atom. The number of benzene rings is 1. The van der Waals surface area contributed by atoms with E-state index in [-0.39, 0.29) is 11.7 Å². The predicted octanol–water partition coefficient (Wildman–Crippen LogP) is 2.58. The summed E-state index contributed by atoms with van der Waals surface area (Å²) in [6.07, 6.45) is 4.78. The molecule has 1 aromatic rings. The maximum absolute atomic E-state index is 14.1. The molecule has 2 heterocycles. The topological polar surface area (TPSA) is 42.9 Å². The molecule has 0 radical (unpaired) electrons. The summed E-state index contributed by atoms with van der Waals surface area (Å²) in [6, 6.07) is 5.00. The van der Waals surface area contributed by atoms with E-state index in [1.54, 1.807) is 4.90 Å². The number of likely N-dealkylation sites (tertiary alicyclic amines) is 1. The molecule has 0 aromatic heterocycles. The van der Waals surface area contributed by atoms with Crippen LogP contribution in [-0.2, 0) is 0 Å². The number of hydrogen-bond donors (Lipinski definition) is 2. The van der Waals surface area contributed by atoms with Gasteiger partial charge in [0, 0.05) is 44.8 Å². The Hall–Kier alpha value is -1.89. The van der Waals surface area contributed by atoms with Crippen molar-refractivity contribution >= 4 is 11.6 Å². The highest BCUT2D eigenvalue weighted by molar-refractivity contribution is 5.80. The van der Waals surface area contributed by atoms with Gasteiger partial charge in [0.05, 0.1) is 0 Å². The monoisotopic (exact) mass is 391 g/mol. The van der Waals surface area contributed by atoms with Gasteiger partial charge in [0.1, 0.15) is 17.3 Å². The van der Waals surface area contributed by atoms with Gasteiger partial charge in [-0.2, -0.15) is 0 Å². The molecule has 3 aliphatic rings. The molecule has 2 unspecified atom stereocenters. The van der Waals surface area contributed by atoms with Crippen LogP contribution in [0.15, 0.2) is 23.2 Å². The van der Waals surface area contributed by atoms with Crippen molar-refractivity contribution in [3.05, 3.63) is 29.8 Å². The highest BCUT2D eigenvalue weighted by atomic mass is 19.1. The van der Waals surface area contributed by atoms with Crippen molar-refractivity contribution < 1.29 is 8.78 Å². The molecule has 1 aliphatic carbocycles. The van der Waals surface area contributed by atoms with Crippen LogP contribution >= 0.6 is 0 Å². The van der Waals surface area contributed by atoms with Crippen molar-refractivity contribution in [2.75, 3.05) is 44.2 Å². The summed E-state index contributed by atoms with van der Waals surface area (Å²) in [4.78, 5) is 9.20. The van der Waals surface area contributed by atoms with Gasteiger partial charge >= 0.3 is 0 Å². The second-order valence-electron chi connectivity index (χ2n) is 8.25. The van der Waals surface area contributed by atoms with E-state index in [4.69, 9.17) is 4.99 Å². The summed E-state index contributed by atoms with van der Waals surface area (Å²) in [5.41, 5.74) is 0.0832. The lowest BCUT2D eigenvalue weighted by atomic mass is 10.1. The van der Waals surface area contributed by atoms with Gasteiger partial charge in [0.2, 0.25) is 0 Å². The number of rotatable bonds is 6. The first-order valence-corrected chi connectivity index (χ1v) is 10.6. The number of hydrogen-bond acceptors (Lipinski definition) is 3. The van der Waals surface area contributed by atoms with Gasteiger partial charge in [-0.3, -0.25) is 4.99 Å². The molecule has 2 N–H and O–H groups in total. The molecule has 2 saturated heterocycles. The quantitative estimate of drug-likeness (QED) is 0.578. The Kier molecular flexibility index (Phi) is 5.99. The Morgan fingerprint density at radius 3 is 2.61 bits per heavy atom. The Morgan fingerprint density at radius 1 is 1.11 bits per heavy atom. The van der Waals surface area contributed by atoms with Gasteiger partial charge in [-0.25, -0.2) is 8.78 Å². The van der Waals surface area contributed by atoms with Crippen LogP contribution in [0.4, 0.5) is 14.5 Å². The second kappa shape index (κ2) is 8.64. The first-order chi connectivity index (χ1) is 13.6. The van der Waals surface area contributed by atoms with Crippen LogP contribution in [0, 0.1) is 17.6 Å². The third-order valence-corrected chi connectivity index (χ3v) is 6.02. The minimum absolute atomic E-state index is 0.0832. The molecule has 0 amide bonds. The molecule has 2 aliphatic heterocycles. The summed E-state index contributed by atoms with van der Waals surface area (Å²) in [5, 5.41) is 6.78. The standard InChI is InChI=1S/C21H31F2N5/c1-2-24-21(25-12-15-8-10-27(13-15)17-6-7-17)26-16-9-11-28(14-16)20-18(22)4-3-5-19(20)23/h3-5,15-17H,2,6-14H2,1H3,(H2,24,25,26). The van der Waals surface area contributed by atoms with E-state index in [9.17, 15) is 8.78 Å². The van der Waals surface area contributed by atoms with Crippen molar-refractivity contribution in [1.29, 1.82) is 0 Å². The van der Waals surface area contributed by atoms with E-state index in [2.05, 4.69) is 22.5 Å².